The average Bonchev–Trinajstić information content (AvgIpc) is 2.91. The van der Waals surface area contributed by atoms with Gasteiger partial charge in [0.1, 0.15) is 11.6 Å². The van der Waals surface area contributed by atoms with Crippen molar-refractivity contribution in [3.63, 3.8) is 0 Å². The molecule has 0 aromatic heterocycles. The Labute approximate surface area is 174 Å². The molecule has 1 aliphatic rings. The highest BCUT2D eigenvalue weighted by Crippen LogP contribution is 2.40. The fourth-order valence-electron chi connectivity index (χ4n) is 2.91. The average molecular weight is 414 g/mol. The van der Waals surface area contributed by atoms with E-state index >= 15 is 0 Å². The van der Waals surface area contributed by atoms with Gasteiger partial charge in [0.25, 0.3) is 11.8 Å². The number of amides is 2. The normalized spacial score (nSPS) is 14.5. The predicted octanol–water partition coefficient (Wildman–Crippen LogP) is 5.29. The lowest BCUT2D eigenvalue weighted by Crippen LogP contribution is -2.31. The summed E-state index contributed by atoms with van der Waals surface area (Å²) in [4.78, 5) is 27.9. The molecule has 1 aliphatic heterocycles. The van der Waals surface area contributed by atoms with Gasteiger partial charge in [-0.3, -0.25) is 9.59 Å². The Kier molecular flexibility index (Phi) is 6.42. The summed E-state index contributed by atoms with van der Waals surface area (Å²) in [6.45, 7) is 8.63. The van der Waals surface area contributed by atoms with Gasteiger partial charge in [0.05, 0.1) is 22.8 Å². The number of nitrogens with zero attached hydrogens (tertiary/aromatic N) is 1. The van der Waals surface area contributed by atoms with E-state index in [9.17, 15) is 14.0 Å². The van der Waals surface area contributed by atoms with Crippen LogP contribution in [-0.2, 0) is 9.59 Å². The lowest BCUT2D eigenvalue weighted by atomic mass is 10.1. The zero-order valence-electron chi connectivity index (χ0n) is 16.9. The number of imide groups is 1. The van der Waals surface area contributed by atoms with E-state index in [-0.39, 0.29) is 11.2 Å². The maximum atomic E-state index is 13.4. The van der Waals surface area contributed by atoms with Crippen molar-refractivity contribution in [1.29, 1.82) is 0 Å². The van der Waals surface area contributed by atoms with Crippen molar-refractivity contribution in [2.24, 2.45) is 5.92 Å². The van der Waals surface area contributed by atoms with E-state index in [4.69, 9.17) is 4.74 Å². The third-order valence-electron chi connectivity index (χ3n) is 4.21. The van der Waals surface area contributed by atoms with E-state index < -0.39 is 11.7 Å². The molecule has 2 amide bonds. The van der Waals surface area contributed by atoms with Crippen molar-refractivity contribution in [2.45, 2.75) is 32.9 Å². The Balaban J connectivity index is 1.93. The first-order chi connectivity index (χ1) is 13.8. The predicted molar refractivity (Wildman–Crippen MR) is 115 cm³/mol. The molecular weight excluding hydrogens is 389 g/mol. The van der Waals surface area contributed by atoms with E-state index in [1.54, 1.807) is 24.3 Å². The number of ether oxygens (including phenoxy) is 1. The summed E-state index contributed by atoms with van der Waals surface area (Å²) in [5, 5.41) is 0.115. The molecule has 0 saturated carbocycles. The first kappa shape index (κ1) is 21.1. The zero-order chi connectivity index (χ0) is 21.1. The molecule has 0 fully saturated rings. The monoisotopic (exact) mass is 413 g/mol. The summed E-state index contributed by atoms with van der Waals surface area (Å²) in [7, 11) is 0. The van der Waals surface area contributed by atoms with Crippen LogP contribution in [0, 0.1) is 11.7 Å². The van der Waals surface area contributed by atoms with Gasteiger partial charge in [-0.25, -0.2) is 9.29 Å². The number of hydrogen-bond donors (Lipinski definition) is 0. The number of rotatable bonds is 7. The number of thioether (sulfide) groups is 1. The molecule has 0 spiro atoms. The molecule has 0 N–H and O–H groups in total. The molecule has 3 rings (SSSR count). The van der Waals surface area contributed by atoms with Crippen LogP contribution < -0.4 is 9.64 Å². The van der Waals surface area contributed by atoms with Crippen LogP contribution in [0.1, 0.15) is 33.3 Å². The third kappa shape index (κ3) is 4.70. The Morgan fingerprint density at radius 2 is 1.55 bits per heavy atom. The van der Waals surface area contributed by atoms with Gasteiger partial charge in [-0.2, -0.15) is 0 Å². The first-order valence-corrected chi connectivity index (χ1v) is 10.4. The number of hydrogen-bond acceptors (Lipinski definition) is 4. The highest BCUT2D eigenvalue weighted by molar-refractivity contribution is 8.04. The van der Waals surface area contributed by atoms with Crippen LogP contribution in [0.3, 0.4) is 0 Å². The summed E-state index contributed by atoms with van der Waals surface area (Å²) in [5.41, 5.74) is 1.33. The molecule has 0 unspecified atom stereocenters. The number of anilines is 1. The van der Waals surface area contributed by atoms with E-state index in [2.05, 4.69) is 13.8 Å². The van der Waals surface area contributed by atoms with E-state index in [0.717, 1.165) is 0 Å². The summed E-state index contributed by atoms with van der Waals surface area (Å²) >= 11 is 1.34. The molecule has 4 nitrogen and oxygen atoms in total. The fraction of sp³-hybridized carbons (Fsp3) is 0.304. The van der Waals surface area contributed by atoms with Crippen molar-refractivity contribution in [3.8, 4) is 5.75 Å². The minimum absolute atomic E-state index is 0.115. The second-order valence-electron chi connectivity index (χ2n) is 7.52. The molecule has 0 radical (unpaired) electrons. The second kappa shape index (κ2) is 8.82. The summed E-state index contributed by atoms with van der Waals surface area (Å²) < 4.78 is 19.0. The minimum Gasteiger partial charge on any atom is -0.493 e. The second-order valence-corrected chi connectivity index (χ2v) is 9.11. The van der Waals surface area contributed by atoms with E-state index in [1.165, 1.54) is 40.9 Å². The van der Waals surface area contributed by atoms with Gasteiger partial charge in [0, 0.05) is 5.25 Å². The van der Waals surface area contributed by atoms with Gasteiger partial charge < -0.3 is 4.74 Å². The van der Waals surface area contributed by atoms with E-state index in [1.807, 2.05) is 13.8 Å². The topological polar surface area (TPSA) is 46.6 Å². The molecule has 0 saturated heterocycles. The van der Waals surface area contributed by atoms with Gasteiger partial charge in [-0.05, 0) is 47.9 Å². The quantitative estimate of drug-likeness (QED) is 0.579. The molecule has 0 atom stereocenters. The van der Waals surface area contributed by atoms with Gasteiger partial charge >= 0.3 is 0 Å². The standard InChI is InChI=1S/C23H24FNO3S/c1-14(2)13-28-19-11-9-18(10-12-19)25-22(26)20(16-5-7-17(24)8-6-16)21(23(25)27)29-15(3)4/h5-12,14-15H,13H2,1-4H3. The lowest BCUT2D eigenvalue weighted by Gasteiger charge is -2.16. The van der Waals surface area contributed by atoms with Crippen molar-refractivity contribution in [2.75, 3.05) is 11.5 Å². The molecule has 2 aromatic carbocycles. The van der Waals surface area contributed by atoms with Crippen LogP contribution in [-0.4, -0.2) is 23.7 Å². The lowest BCUT2D eigenvalue weighted by molar-refractivity contribution is -0.119. The molecule has 152 valence electrons. The van der Waals surface area contributed by atoms with Crippen molar-refractivity contribution >= 4 is 34.8 Å². The fourth-order valence-corrected chi connectivity index (χ4v) is 3.90. The number of carbonyl (C=O) groups is 2. The number of carbonyl (C=O) groups excluding carboxylic acids is 2. The summed E-state index contributed by atoms with van der Waals surface area (Å²) in [6.07, 6.45) is 0. The Morgan fingerprint density at radius 1 is 0.931 bits per heavy atom. The number of halogens is 1. The molecule has 1 heterocycles. The molecule has 6 heteroatoms. The maximum absolute atomic E-state index is 13.4. The highest BCUT2D eigenvalue weighted by Gasteiger charge is 2.40. The number of benzene rings is 2. The van der Waals surface area contributed by atoms with Crippen LogP contribution in [0.5, 0.6) is 5.75 Å². The smallest absolute Gasteiger partial charge is 0.272 e. The zero-order valence-corrected chi connectivity index (χ0v) is 17.8. The van der Waals surface area contributed by atoms with Gasteiger partial charge in [-0.1, -0.05) is 39.8 Å². The highest BCUT2D eigenvalue weighted by atomic mass is 32.2. The molecule has 0 aliphatic carbocycles. The Bertz CT molecular complexity index is 934. The van der Waals surface area contributed by atoms with Crippen molar-refractivity contribution in [3.05, 3.63) is 64.8 Å². The molecule has 2 aromatic rings. The van der Waals surface area contributed by atoms with Crippen molar-refractivity contribution in [1.82, 2.24) is 0 Å². The van der Waals surface area contributed by atoms with Gasteiger partial charge in [0.15, 0.2) is 0 Å². The van der Waals surface area contributed by atoms with Crippen LogP contribution >= 0.6 is 11.8 Å². The Hall–Kier alpha value is -2.60. The van der Waals surface area contributed by atoms with Crippen LogP contribution in [0.2, 0.25) is 0 Å². The molecule has 0 bridgehead atoms. The van der Waals surface area contributed by atoms with Gasteiger partial charge in [-0.15, -0.1) is 11.8 Å². The van der Waals surface area contributed by atoms with E-state index in [0.29, 0.717) is 40.0 Å². The molecular formula is C23H24FNO3S. The van der Waals surface area contributed by atoms with Crippen molar-refractivity contribution < 1.29 is 18.7 Å². The van der Waals surface area contributed by atoms with Crippen LogP contribution in [0.4, 0.5) is 10.1 Å². The summed E-state index contributed by atoms with van der Waals surface area (Å²) in [5.74, 6) is -0.0675. The molecule has 29 heavy (non-hydrogen) atoms. The minimum atomic E-state index is -0.402. The van der Waals surface area contributed by atoms with Crippen LogP contribution in [0.25, 0.3) is 5.57 Å². The largest absolute Gasteiger partial charge is 0.493 e. The first-order valence-electron chi connectivity index (χ1n) is 9.56. The van der Waals surface area contributed by atoms with Crippen LogP contribution in [0.15, 0.2) is 53.4 Å². The maximum Gasteiger partial charge on any atom is 0.272 e. The Morgan fingerprint density at radius 3 is 2.10 bits per heavy atom. The van der Waals surface area contributed by atoms with Gasteiger partial charge in [0.2, 0.25) is 0 Å². The third-order valence-corrected chi connectivity index (χ3v) is 5.29. The summed E-state index contributed by atoms with van der Waals surface area (Å²) in [6, 6.07) is 12.6. The SMILES string of the molecule is CC(C)COc1ccc(N2C(=O)C(SC(C)C)=C(c3ccc(F)cc3)C2=O)cc1.